The van der Waals surface area contributed by atoms with Crippen molar-refractivity contribution in [2.45, 2.75) is 49.9 Å². The molecule has 1 saturated heterocycles. The number of carbonyl (C=O) groups is 4. The summed E-state index contributed by atoms with van der Waals surface area (Å²) >= 11 is 4.22. The molecule has 212 valence electrons. The van der Waals surface area contributed by atoms with Crippen molar-refractivity contribution >= 4 is 47.2 Å². The summed E-state index contributed by atoms with van der Waals surface area (Å²) in [6, 6.07) is 9.71. The number of carboxylic acids is 1. The number of benzene rings is 2. The number of likely N-dealkylation sites (tertiary alicyclic amines) is 1. The number of rotatable bonds is 11. The Kier molecular flexibility index (Phi) is 9.33. The summed E-state index contributed by atoms with van der Waals surface area (Å²) < 4.78 is 0. The van der Waals surface area contributed by atoms with Crippen LogP contribution in [-0.2, 0) is 32.0 Å². The highest BCUT2D eigenvalue weighted by Crippen LogP contribution is 2.20. The SMILES string of the molecule is NC(Cc1c[nH]c2ccccc12)C(=O)NC(Cc1ccc(O)cc1)C(=O)NC(CS)C(=O)N1CCCC1C(=O)O. The third-order valence-corrected chi connectivity index (χ3v) is 7.44. The molecule has 0 spiro atoms. The number of hydrogen-bond acceptors (Lipinski definition) is 7. The first kappa shape index (κ1) is 29.0. The summed E-state index contributed by atoms with van der Waals surface area (Å²) in [6.45, 7) is 0.270. The highest BCUT2D eigenvalue weighted by atomic mass is 32.1. The molecule has 12 heteroatoms. The average molecular weight is 568 g/mol. The molecule has 2 aromatic carbocycles. The number of aromatic nitrogens is 1. The lowest BCUT2D eigenvalue weighted by molar-refractivity contribution is -0.149. The number of aromatic amines is 1. The van der Waals surface area contributed by atoms with E-state index in [2.05, 4.69) is 28.2 Å². The summed E-state index contributed by atoms with van der Waals surface area (Å²) in [5, 5.41) is 25.4. The molecule has 0 radical (unpaired) electrons. The summed E-state index contributed by atoms with van der Waals surface area (Å²) in [5.41, 5.74) is 8.67. The number of thiol groups is 1. The minimum Gasteiger partial charge on any atom is -0.508 e. The number of carbonyl (C=O) groups excluding carboxylic acids is 3. The molecule has 1 aliphatic rings. The van der Waals surface area contributed by atoms with Crippen LogP contribution in [0.5, 0.6) is 5.75 Å². The van der Waals surface area contributed by atoms with Gasteiger partial charge >= 0.3 is 5.97 Å². The number of phenolic OH excluding ortho intramolecular Hbond substituents is 1. The van der Waals surface area contributed by atoms with Crippen molar-refractivity contribution in [3.8, 4) is 5.75 Å². The van der Waals surface area contributed by atoms with Gasteiger partial charge in [-0.25, -0.2) is 4.79 Å². The van der Waals surface area contributed by atoms with Gasteiger partial charge in [0, 0.05) is 35.8 Å². The summed E-state index contributed by atoms with van der Waals surface area (Å²) in [5.74, 6) is -2.85. The van der Waals surface area contributed by atoms with Crippen molar-refractivity contribution in [1.82, 2.24) is 20.5 Å². The maximum Gasteiger partial charge on any atom is 0.326 e. The number of nitrogens with one attached hydrogen (secondary N) is 3. The van der Waals surface area contributed by atoms with Gasteiger partial charge in [0.1, 0.15) is 23.9 Å². The highest BCUT2D eigenvalue weighted by Gasteiger charge is 2.38. The molecule has 1 fully saturated rings. The summed E-state index contributed by atoms with van der Waals surface area (Å²) in [7, 11) is 0. The van der Waals surface area contributed by atoms with Gasteiger partial charge in [-0.2, -0.15) is 12.6 Å². The molecule has 0 aliphatic carbocycles. The van der Waals surface area contributed by atoms with Gasteiger partial charge in [0.15, 0.2) is 0 Å². The van der Waals surface area contributed by atoms with Crippen LogP contribution in [0.2, 0.25) is 0 Å². The van der Waals surface area contributed by atoms with Gasteiger partial charge in [-0.3, -0.25) is 14.4 Å². The van der Waals surface area contributed by atoms with E-state index < -0.39 is 47.9 Å². The van der Waals surface area contributed by atoms with Crippen molar-refractivity contribution < 1.29 is 29.4 Å². The number of carboxylic acid groups (broad SMARTS) is 1. The van der Waals surface area contributed by atoms with E-state index >= 15 is 0 Å². The Balaban J connectivity index is 1.48. The largest absolute Gasteiger partial charge is 0.508 e. The van der Waals surface area contributed by atoms with Crippen molar-refractivity contribution in [3.05, 3.63) is 65.9 Å². The average Bonchev–Trinajstić information content (AvgIpc) is 3.60. The lowest BCUT2D eigenvalue weighted by atomic mass is 10.0. The number of nitrogens with two attached hydrogens (primary N) is 1. The third-order valence-electron chi connectivity index (χ3n) is 7.08. The van der Waals surface area contributed by atoms with Crippen LogP contribution in [0.25, 0.3) is 10.9 Å². The Labute approximate surface area is 236 Å². The second-order valence-corrected chi connectivity index (χ2v) is 10.2. The Morgan fingerprint density at radius 2 is 1.73 bits per heavy atom. The Morgan fingerprint density at radius 3 is 2.42 bits per heavy atom. The molecule has 1 aromatic heterocycles. The molecule has 0 saturated carbocycles. The lowest BCUT2D eigenvalue weighted by Gasteiger charge is -2.28. The van der Waals surface area contributed by atoms with Crippen LogP contribution in [0.1, 0.15) is 24.0 Å². The van der Waals surface area contributed by atoms with Crippen LogP contribution in [0.3, 0.4) is 0 Å². The van der Waals surface area contributed by atoms with Gasteiger partial charge in [0.25, 0.3) is 0 Å². The molecule has 40 heavy (non-hydrogen) atoms. The topological polar surface area (TPSA) is 178 Å². The second-order valence-electron chi connectivity index (χ2n) is 9.87. The van der Waals surface area contributed by atoms with E-state index in [1.54, 1.807) is 18.3 Å². The first-order valence-electron chi connectivity index (χ1n) is 13.0. The van der Waals surface area contributed by atoms with E-state index in [9.17, 15) is 29.4 Å². The predicted molar refractivity (Wildman–Crippen MR) is 152 cm³/mol. The normalized spacial score (nSPS) is 17.2. The fourth-order valence-corrected chi connectivity index (χ4v) is 5.18. The van der Waals surface area contributed by atoms with Crippen LogP contribution in [0.4, 0.5) is 0 Å². The van der Waals surface area contributed by atoms with Crippen molar-refractivity contribution in [2.24, 2.45) is 5.73 Å². The first-order valence-corrected chi connectivity index (χ1v) is 13.6. The van der Waals surface area contributed by atoms with Crippen LogP contribution >= 0.6 is 12.6 Å². The molecule has 3 amide bonds. The number of fused-ring (bicyclic) bond motifs is 1. The number of amides is 3. The summed E-state index contributed by atoms with van der Waals surface area (Å²) in [4.78, 5) is 55.7. The number of aromatic hydroxyl groups is 1. The zero-order valence-corrected chi connectivity index (χ0v) is 22.6. The quantitative estimate of drug-likeness (QED) is 0.169. The van der Waals surface area contributed by atoms with E-state index in [4.69, 9.17) is 5.73 Å². The minimum absolute atomic E-state index is 0.0499. The molecule has 11 nitrogen and oxygen atoms in total. The number of hydrogen-bond donors (Lipinski definition) is 7. The van der Waals surface area contributed by atoms with Crippen molar-refractivity contribution in [3.63, 3.8) is 0 Å². The van der Waals surface area contributed by atoms with E-state index in [0.717, 1.165) is 16.5 Å². The third kappa shape index (κ3) is 6.75. The molecule has 0 bridgehead atoms. The van der Waals surface area contributed by atoms with Gasteiger partial charge in [-0.05, 0) is 48.6 Å². The lowest BCUT2D eigenvalue weighted by Crippen LogP contribution is -2.58. The Morgan fingerprint density at radius 1 is 1.02 bits per heavy atom. The molecule has 4 unspecified atom stereocenters. The van der Waals surface area contributed by atoms with Crippen LogP contribution in [-0.4, -0.2) is 80.3 Å². The van der Waals surface area contributed by atoms with Crippen molar-refractivity contribution in [2.75, 3.05) is 12.3 Å². The van der Waals surface area contributed by atoms with E-state index in [1.165, 1.54) is 17.0 Å². The summed E-state index contributed by atoms with van der Waals surface area (Å²) in [6.07, 6.45) is 2.97. The number of para-hydroxylation sites is 1. The first-order chi connectivity index (χ1) is 19.2. The van der Waals surface area contributed by atoms with Crippen LogP contribution in [0, 0.1) is 0 Å². The molecule has 7 N–H and O–H groups in total. The van der Waals surface area contributed by atoms with Crippen molar-refractivity contribution in [1.29, 1.82) is 0 Å². The number of phenols is 1. The smallest absolute Gasteiger partial charge is 0.326 e. The monoisotopic (exact) mass is 567 g/mol. The van der Waals surface area contributed by atoms with E-state index in [1.807, 2.05) is 24.3 Å². The Bertz CT molecular complexity index is 1380. The highest BCUT2D eigenvalue weighted by molar-refractivity contribution is 7.80. The fourth-order valence-electron chi connectivity index (χ4n) is 4.93. The van der Waals surface area contributed by atoms with Gasteiger partial charge in [0.2, 0.25) is 17.7 Å². The number of aliphatic carboxylic acids is 1. The number of nitrogens with zero attached hydrogens (tertiary/aromatic N) is 1. The maximum absolute atomic E-state index is 13.4. The van der Waals surface area contributed by atoms with Gasteiger partial charge in [0.05, 0.1) is 6.04 Å². The molecular formula is C28H33N5O6S. The Hall–Kier alpha value is -4.03. The molecule has 3 aromatic rings. The van der Waals surface area contributed by atoms with Crippen LogP contribution in [0.15, 0.2) is 54.7 Å². The molecular weight excluding hydrogens is 534 g/mol. The molecule has 1 aliphatic heterocycles. The number of H-pyrrole nitrogens is 1. The van der Waals surface area contributed by atoms with Gasteiger partial charge < -0.3 is 36.5 Å². The second kappa shape index (κ2) is 12.9. The molecule has 4 atom stereocenters. The minimum atomic E-state index is -1.10. The predicted octanol–water partition coefficient (Wildman–Crippen LogP) is 0.961. The molecule has 4 rings (SSSR count). The zero-order valence-electron chi connectivity index (χ0n) is 21.7. The van der Waals surface area contributed by atoms with Crippen LogP contribution < -0.4 is 16.4 Å². The van der Waals surface area contributed by atoms with Gasteiger partial charge in [-0.15, -0.1) is 0 Å². The van der Waals surface area contributed by atoms with E-state index in [0.29, 0.717) is 18.4 Å². The van der Waals surface area contributed by atoms with E-state index in [-0.39, 0.29) is 30.9 Å². The fraction of sp³-hybridized carbons (Fsp3) is 0.357. The van der Waals surface area contributed by atoms with Gasteiger partial charge in [-0.1, -0.05) is 30.3 Å². The standard InChI is InChI=1S/C28H33N5O6S/c29-20(13-17-14-30-21-5-2-1-4-19(17)21)25(35)31-22(12-16-7-9-18(34)10-8-16)26(36)32-23(15-40)27(37)33-11-3-6-24(33)28(38)39/h1-2,4-5,7-10,14,20,22-24,30,34,40H,3,6,11-13,15,29H2,(H,31,35)(H,32,36)(H,38,39). The maximum atomic E-state index is 13.4. The zero-order chi connectivity index (χ0) is 28.8. The molecule has 2 heterocycles.